The van der Waals surface area contributed by atoms with Crippen molar-refractivity contribution in [1.29, 1.82) is 0 Å². The molecule has 1 aliphatic carbocycles. The minimum atomic E-state index is -4.20. The van der Waals surface area contributed by atoms with Crippen LogP contribution < -0.4 is 5.32 Å². The standard InChI is InChI=1S/C17H21F3N4O/c1-10(2)24-15-11(9-22-24)6-12(8-21-15)16(25)23-14-5-3-4-13(7-14)17(18,19)20/h6,8-10,13-14H,3-5,7H2,1-2H3,(H,23,25)/t13-,14+/m1/s1. The zero-order valence-corrected chi connectivity index (χ0v) is 14.2. The summed E-state index contributed by atoms with van der Waals surface area (Å²) in [4.78, 5) is 16.7. The summed E-state index contributed by atoms with van der Waals surface area (Å²) in [5.74, 6) is -1.73. The lowest BCUT2D eigenvalue weighted by atomic mass is 9.85. The van der Waals surface area contributed by atoms with Gasteiger partial charge in [-0.2, -0.15) is 18.3 Å². The molecule has 8 heteroatoms. The molecule has 0 aliphatic heterocycles. The second-order valence-corrected chi connectivity index (χ2v) is 6.90. The van der Waals surface area contributed by atoms with Gasteiger partial charge >= 0.3 is 6.18 Å². The number of fused-ring (bicyclic) bond motifs is 1. The van der Waals surface area contributed by atoms with E-state index < -0.39 is 18.1 Å². The Kier molecular flexibility index (Phi) is 4.71. The highest BCUT2D eigenvalue weighted by atomic mass is 19.4. The predicted octanol–water partition coefficient (Wildman–Crippen LogP) is 3.86. The quantitative estimate of drug-likeness (QED) is 0.910. The van der Waals surface area contributed by atoms with Gasteiger partial charge in [-0.15, -0.1) is 0 Å². The Morgan fingerprint density at radius 2 is 2.08 bits per heavy atom. The Balaban J connectivity index is 1.72. The van der Waals surface area contributed by atoms with Crippen LogP contribution in [0.1, 0.15) is 55.9 Å². The van der Waals surface area contributed by atoms with E-state index in [1.165, 1.54) is 6.20 Å². The molecule has 0 unspecified atom stereocenters. The third-order valence-electron chi connectivity index (χ3n) is 4.66. The molecule has 2 aromatic heterocycles. The number of hydrogen-bond acceptors (Lipinski definition) is 3. The molecule has 1 fully saturated rings. The van der Waals surface area contributed by atoms with Crippen molar-refractivity contribution in [3.8, 4) is 0 Å². The summed E-state index contributed by atoms with van der Waals surface area (Å²) in [5.41, 5.74) is 1.02. The molecule has 1 aliphatic rings. The molecule has 136 valence electrons. The van der Waals surface area contributed by atoms with E-state index in [1.54, 1.807) is 16.9 Å². The number of amides is 1. The average Bonchev–Trinajstić information content (AvgIpc) is 2.97. The second-order valence-electron chi connectivity index (χ2n) is 6.90. The molecule has 0 spiro atoms. The number of alkyl halides is 3. The van der Waals surface area contributed by atoms with Gasteiger partial charge in [0, 0.05) is 23.7 Å². The van der Waals surface area contributed by atoms with Crippen LogP contribution in [0.2, 0.25) is 0 Å². The van der Waals surface area contributed by atoms with Gasteiger partial charge in [0.25, 0.3) is 5.91 Å². The molecule has 5 nitrogen and oxygen atoms in total. The van der Waals surface area contributed by atoms with Gasteiger partial charge in [-0.05, 0) is 39.2 Å². The summed E-state index contributed by atoms with van der Waals surface area (Å²) in [6.45, 7) is 3.96. The first-order valence-corrected chi connectivity index (χ1v) is 8.46. The van der Waals surface area contributed by atoms with Gasteiger partial charge in [-0.1, -0.05) is 6.42 Å². The highest BCUT2D eigenvalue weighted by molar-refractivity contribution is 5.97. The summed E-state index contributed by atoms with van der Waals surface area (Å²) in [6, 6.07) is 1.36. The molecule has 25 heavy (non-hydrogen) atoms. The van der Waals surface area contributed by atoms with E-state index in [4.69, 9.17) is 0 Å². The van der Waals surface area contributed by atoms with E-state index in [9.17, 15) is 18.0 Å². The Morgan fingerprint density at radius 3 is 2.76 bits per heavy atom. The first kappa shape index (κ1) is 17.7. The van der Waals surface area contributed by atoms with Crippen molar-refractivity contribution < 1.29 is 18.0 Å². The molecule has 1 N–H and O–H groups in total. The SMILES string of the molecule is CC(C)n1ncc2cc(C(=O)N[C@H]3CCC[C@@H](C(F)(F)F)C3)cnc21. The fourth-order valence-corrected chi connectivity index (χ4v) is 3.33. The van der Waals surface area contributed by atoms with Crippen LogP contribution in [0.15, 0.2) is 18.5 Å². The third-order valence-corrected chi connectivity index (χ3v) is 4.66. The Morgan fingerprint density at radius 1 is 1.32 bits per heavy atom. The maximum absolute atomic E-state index is 12.9. The highest BCUT2D eigenvalue weighted by Crippen LogP contribution is 2.37. The van der Waals surface area contributed by atoms with Crippen LogP contribution in [0.4, 0.5) is 13.2 Å². The van der Waals surface area contributed by atoms with Crippen LogP contribution in [0.25, 0.3) is 11.0 Å². The molecule has 2 atom stereocenters. The monoisotopic (exact) mass is 354 g/mol. The number of nitrogens with one attached hydrogen (secondary N) is 1. The van der Waals surface area contributed by atoms with E-state index in [-0.39, 0.29) is 24.8 Å². The van der Waals surface area contributed by atoms with Gasteiger partial charge in [0.2, 0.25) is 0 Å². The number of pyridine rings is 1. The number of hydrogen-bond donors (Lipinski definition) is 1. The minimum Gasteiger partial charge on any atom is -0.349 e. The van der Waals surface area contributed by atoms with Crippen molar-refractivity contribution in [2.75, 3.05) is 0 Å². The van der Waals surface area contributed by atoms with Crippen LogP contribution in [0.5, 0.6) is 0 Å². The van der Waals surface area contributed by atoms with Crippen molar-refractivity contribution in [3.05, 3.63) is 24.0 Å². The van der Waals surface area contributed by atoms with Crippen LogP contribution in [0.3, 0.4) is 0 Å². The highest BCUT2D eigenvalue weighted by Gasteiger charge is 2.42. The van der Waals surface area contributed by atoms with Gasteiger partial charge in [0.15, 0.2) is 5.65 Å². The largest absolute Gasteiger partial charge is 0.391 e. The zero-order chi connectivity index (χ0) is 18.2. The van der Waals surface area contributed by atoms with Crippen LogP contribution in [-0.2, 0) is 0 Å². The fourth-order valence-electron chi connectivity index (χ4n) is 3.33. The lowest BCUT2D eigenvalue weighted by Gasteiger charge is -2.31. The lowest BCUT2D eigenvalue weighted by Crippen LogP contribution is -2.41. The predicted molar refractivity (Wildman–Crippen MR) is 87.2 cm³/mol. The van der Waals surface area contributed by atoms with Crippen molar-refractivity contribution >= 4 is 16.9 Å². The number of rotatable bonds is 3. The number of halogens is 3. The normalized spacial score (nSPS) is 21.7. The molecule has 0 radical (unpaired) electrons. The van der Waals surface area contributed by atoms with Gasteiger partial charge in [0.1, 0.15) is 0 Å². The van der Waals surface area contributed by atoms with E-state index >= 15 is 0 Å². The summed E-state index contributed by atoms with van der Waals surface area (Å²) in [7, 11) is 0. The van der Waals surface area contributed by atoms with E-state index in [2.05, 4.69) is 15.4 Å². The van der Waals surface area contributed by atoms with Crippen LogP contribution in [-0.4, -0.2) is 32.9 Å². The van der Waals surface area contributed by atoms with Gasteiger partial charge in [-0.25, -0.2) is 9.67 Å². The van der Waals surface area contributed by atoms with Gasteiger partial charge < -0.3 is 5.32 Å². The molecular formula is C17H21F3N4O. The Hall–Kier alpha value is -2.12. The molecule has 3 rings (SSSR count). The van der Waals surface area contributed by atoms with E-state index in [0.29, 0.717) is 24.1 Å². The number of aromatic nitrogens is 3. The van der Waals surface area contributed by atoms with Crippen LogP contribution >= 0.6 is 0 Å². The van der Waals surface area contributed by atoms with Crippen LogP contribution in [0, 0.1) is 5.92 Å². The molecular weight excluding hydrogens is 333 g/mol. The second kappa shape index (κ2) is 6.65. The Bertz CT molecular complexity index is 769. The van der Waals surface area contributed by atoms with Gasteiger partial charge in [0.05, 0.1) is 17.7 Å². The fraction of sp³-hybridized carbons (Fsp3) is 0.588. The number of nitrogens with zero attached hydrogens (tertiary/aromatic N) is 3. The van der Waals surface area contributed by atoms with Crippen molar-refractivity contribution in [2.24, 2.45) is 5.92 Å². The average molecular weight is 354 g/mol. The number of carbonyl (C=O) groups excluding carboxylic acids is 1. The minimum absolute atomic E-state index is 0.0593. The first-order chi connectivity index (χ1) is 11.8. The summed E-state index contributed by atoms with van der Waals surface area (Å²) in [6.07, 6.45) is -0.00218. The Labute approximate surface area is 143 Å². The van der Waals surface area contributed by atoms with E-state index in [0.717, 1.165) is 5.39 Å². The summed E-state index contributed by atoms with van der Waals surface area (Å²) < 4.78 is 40.4. The number of carbonyl (C=O) groups is 1. The van der Waals surface area contributed by atoms with Crippen molar-refractivity contribution in [2.45, 2.75) is 57.8 Å². The maximum Gasteiger partial charge on any atom is 0.391 e. The summed E-state index contributed by atoms with van der Waals surface area (Å²) >= 11 is 0. The van der Waals surface area contributed by atoms with E-state index in [1.807, 2.05) is 13.8 Å². The first-order valence-electron chi connectivity index (χ1n) is 8.46. The molecule has 2 heterocycles. The zero-order valence-electron chi connectivity index (χ0n) is 14.2. The lowest BCUT2D eigenvalue weighted by molar-refractivity contribution is -0.183. The maximum atomic E-state index is 12.9. The molecule has 1 amide bonds. The molecule has 2 aromatic rings. The van der Waals surface area contributed by atoms with Gasteiger partial charge in [-0.3, -0.25) is 4.79 Å². The molecule has 0 aromatic carbocycles. The molecule has 0 bridgehead atoms. The molecule has 0 saturated heterocycles. The summed E-state index contributed by atoms with van der Waals surface area (Å²) in [5, 5.41) is 7.71. The van der Waals surface area contributed by atoms with Crippen molar-refractivity contribution in [3.63, 3.8) is 0 Å². The third kappa shape index (κ3) is 3.77. The topological polar surface area (TPSA) is 59.8 Å². The van der Waals surface area contributed by atoms with Crippen molar-refractivity contribution in [1.82, 2.24) is 20.1 Å². The molecule has 1 saturated carbocycles. The smallest absolute Gasteiger partial charge is 0.349 e.